The molecule has 24 heavy (non-hydrogen) atoms. The average Bonchev–Trinajstić information content (AvgIpc) is 3.03. The quantitative estimate of drug-likeness (QED) is 0.499. The van der Waals surface area contributed by atoms with E-state index in [1.54, 1.807) is 4.52 Å². The van der Waals surface area contributed by atoms with Crippen LogP contribution in [0.2, 0.25) is 0 Å². The number of para-hydroxylation sites is 1. The number of ether oxygens (including phenoxy) is 1. The number of fused-ring (bicyclic) bond motifs is 3. The van der Waals surface area contributed by atoms with Crippen LogP contribution in [-0.2, 0) is 0 Å². The Hall–Kier alpha value is -2.25. The van der Waals surface area contributed by atoms with Crippen LogP contribution in [0.5, 0.6) is 5.75 Å². The molecule has 0 fully saturated rings. The molecule has 2 aromatic heterocycles. The summed E-state index contributed by atoms with van der Waals surface area (Å²) in [5, 5.41) is 4.14. The van der Waals surface area contributed by atoms with Crippen LogP contribution in [0.4, 0.5) is 0 Å². The number of hydrogen-bond acceptors (Lipinski definition) is 4. The van der Waals surface area contributed by atoms with Gasteiger partial charge in [0.25, 0.3) is 0 Å². The molecule has 4 aromatic rings. The van der Waals surface area contributed by atoms with Gasteiger partial charge in [0.15, 0.2) is 17.6 Å². The first-order chi connectivity index (χ1) is 11.6. The van der Waals surface area contributed by atoms with E-state index in [4.69, 9.17) is 17.0 Å². The molecule has 7 heteroatoms. The molecule has 0 unspecified atom stereocenters. The van der Waals surface area contributed by atoms with Crippen LogP contribution in [0.3, 0.4) is 0 Å². The normalized spacial score (nSPS) is 12.6. The number of rotatable bonds is 3. The fourth-order valence-corrected chi connectivity index (χ4v) is 3.04. The summed E-state index contributed by atoms with van der Waals surface area (Å²) >= 11 is 8.77. The van der Waals surface area contributed by atoms with Gasteiger partial charge in [0, 0.05) is 9.86 Å². The summed E-state index contributed by atoms with van der Waals surface area (Å²) in [6, 6.07) is 15.5. The van der Waals surface area contributed by atoms with Gasteiger partial charge >= 0.3 is 0 Å². The lowest BCUT2D eigenvalue weighted by Crippen LogP contribution is -2.05. The first-order valence-electron chi connectivity index (χ1n) is 7.41. The van der Waals surface area contributed by atoms with Crippen molar-refractivity contribution in [3.8, 4) is 5.75 Å². The monoisotopic (exact) mass is 400 g/mol. The number of hydrogen-bond donors (Lipinski definition) is 1. The maximum absolute atomic E-state index is 5.95. The minimum atomic E-state index is -0.251. The smallest absolute Gasteiger partial charge is 0.221 e. The maximum Gasteiger partial charge on any atom is 0.221 e. The zero-order chi connectivity index (χ0) is 16.7. The Bertz CT molecular complexity index is 1090. The lowest BCUT2D eigenvalue weighted by atomic mass is 10.2. The van der Waals surface area contributed by atoms with Crippen LogP contribution < -0.4 is 4.74 Å². The molecular weight excluding hydrogens is 388 g/mol. The molecule has 0 aliphatic rings. The molecule has 0 aliphatic carbocycles. The topological polar surface area (TPSA) is 55.2 Å². The molecule has 4 rings (SSSR count). The Balaban J connectivity index is 1.77. The van der Waals surface area contributed by atoms with Gasteiger partial charge in [-0.15, -0.1) is 0 Å². The minimum Gasteiger partial charge on any atom is -0.483 e. The van der Waals surface area contributed by atoms with Crippen molar-refractivity contribution in [2.75, 3.05) is 0 Å². The molecule has 2 aromatic carbocycles. The van der Waals surface area contributed by atoms with E-state index in [-0.39, 0.29) is 6.10 Å². The number of halogens is 1. The number of aromatic amines is 1. The summed E-state index contributed by atoms with van der Waals surface area (Å²) in [6.45, 7) is 1.94. The number of benzene rings is 2. The van der Waals surface area contributed by atoms with Crippen molar-refractivity contribution in [2.45, 2.75) is 13.0 Å². The predicted molar refractivity (Wildman–Crippen MR) is 98.9 cm³/mol. The van der Waals surface area contributed by atoms with Gasteiger partial charge in [-0.05, 0) is 55.5 Å². The first-order valence-corrected chi connectivity index (χ1v) is 8.61. The van der Waals surface area contributed by atoms with Gasteiger partial charge in [-0.2, -0.15) is 0 Å². The zero-order valence-corrected chi connectivity index (χ0v) is 15.1. The highest BCUT2D eigenvalue weighted by atomic mass is 79.9. The average molecular weight is 401 g/mol. The molecule has 0 amide bonds. The summed E-state index contributed by atoms with van der Waals surface area (Å²) in [4.78, 5) is 9.11. The SMILES string of the molecule is C[C@H](Oc1ccc(Br)cc1)c1nc2c3ccccc3nc(=S)n2[nH]1. The van der Waals surface area contributed by atoms with Crippen molar-refractivity contribution >= 4 is 44.7 Å². The van der Waals surface area contributed by atoms with Crippen molar-refractivity contribution in [1.82, 2.24) is 19.6 Å². The van der Waals surface area contributed by atoms with Crippen LogP contribution in [0.1, 0.15) is 18.9 Å². The van der Waals surface area contributed by atoms with Crippen molar-refractivity contribution in [1.29, 1.82) is 0 Å². The third-order valence-corrected chi connectivity index (χ3v) is 4.53. The number of nitrogens with one attached hydrogen (secondary N) is 1. The van der Waals surface area contributed by atoms with Gasteiger partial charge in [0.1, 0.15) is 5.75 Å². The molecule has 2 heterocycles. The van der Waals surface area contributed by atoms with Gasteiger partial charge in [-0.1, -0.05) is 28.1 Å². The van der Waals surface area contributed by atoms with Crippen molar-refractivity contribution in [3.05, 3.63) is 63.6 Å². The molecule has 0 aliphatic heterocycles. The van der Waals surface area contributed by atoms with E-state index in [0.29, 0.717) is 10.6 Å². The van der Waals surface area contributed by atoms with Crippen molar-refractivity contribution < 1.29 is 4.74 Å². The number of H-pyrrole nitrogens is 1. The van der Waals surface area contributed by atoms with E-state index >= 15 is 0 Å². The Morgan fingerprint density at radius 2 is 1.88 bits per heavy atom. The molecule has 0 spiro atoms. The highest BCUT2D eigenvalue weighted by Gasteiger charge is 2.15. The lowest BCUT2D eigenvalue weighted by molar-refractivity contribution is 0.216. The molecule has 120 valence electrons. The Morgan fingerprint density at radius 1 is 1.12 bits per heavy atom. The molecule has 1 N–H and O–H groups in total. The largest absolute Gasteiger partial charge is 0.483 e. The Labute approximate surface area is 151 Å². The lowest BCUT2D eigenvalue weighted by Gasteiger charge is -2.11. The van der Waals surface area contributed by atoms with E-state index in [2.05, 4.69) is 31.0 Å². The summed E-state index contributed by atoms with van der Waals surface area (Å²) in [7, 11) is 0. The van der Waals surface area contributed by atoms with Crippen LogP contribution in [0, 0.1) is 4.77 Å². The fourth-order valence-electron chi connectivity index (χ4n) is 2.54. The highest BCUT2D eigenvalue weighted by Crippen LogP contribution is 2.23. The van der Waals surface area contributed by atoms with Crippen molar-refractivity contribution in [2.24, 2.45) is 0 Å². The van der Waals surface area contributed by atoms with Crippen LogP contribution >= 0.6 is 28.1 Å². The van der Waals surface area contributed by atoms with Gasteiger partial charge in [-0.25, -0.2) is 14.5 Å². The van der Waals surface area contributed by atoms with Crippen LogP contribution in [-0.4, -0.2) is 19.6 Å². The fraction of sp³-hybridized carbons (Fsp3) is 0.118. The third kappa shape index (κ3) is 2.70. The summed E-state index contributed by atoms with van der Waals surface area (Å²) in [5.41, 5.74) is 1.59. The molecule has 1 atom stereocenters. The van der Waals surface area contributed by atoms with E-state index in [0.717, 1.165) is 26.8 Å². The minimum absolute atomic E-state index is 0.251. The summed E-state index contributed by atoms with van der Waals surface area (Å²) < 4.78 is 9.12. The molecule has 0 saturated heterocycles. The second-order valence-corrected chi connectivity index (χ2v) is 6.67. The Morgan fingerprint density at radius 3 is 2.67 bits per heavy atom. The van der Waals surface area contributed by atoms with E-state index in [1.807, 2.05) is 55.5 Å². The highest BCUT2D eigenvalue weighted by molar-refractivity contribution is 9.10. The predicted octanol–water partition coefficient (Wildman–Crippen LogP) is 4.84. The second-order valence-electron chi connectivity index (χ2n) is 5.39. The molecule has 0 bridgehead atoms. The second kappa shape index (κ2) is 5.99. The zero-order valence-electron chi connectivity index (χ0n) is 12.7. The van der Waals surface area contributed by atoms with E-state index < -0.39 is 0 Å². The maximum atomic E-state index is 5.95. The molecule has 0 radical (unpaired) electrons. The van der Waals surface area contributed by atoms with Crippen LogP contribution in [0.25, 0.3) is 16.6 Å². The standard InChI is InChI=1S/C17H13BrN4OS/c1-10(23-12-8-6-11(18)7-9-12)15-20-16-13-4-2-3-5-14(13)19-17(24)22(16)21-15/h2-10H,1H3,(H,20,21)/t10-/m0/s1. The molecule has 5 nitrogen and oxygen atoms in total. The summed E-state index contributed by atoms with van der Waals surface area (Å²) in [5.74, 6) is 1.47. The molecule has 0 saturated carbocycles. The van der Waals surface area contributed by atoms with Crippen molar-refractivity contribution in [3.63, 3.8) is 0 Å². The van der Waals surface area contributed by atoms with Gasteiger partial charge in [0.05, 0.1) is 5.52 Å². The van der Waals surface area contributed by atoms with Gasteiger partial charge < -0.3 is 4.74 Å². The van der Waals surface area contributed by atoms with Gasteiger partial charge in [-0.3, -0.25) is 5.10 Å². The first kappa shape index (κ1) is 15.3. The van der Waals surface area contributed by atoms with E-state index in [9.17, 15) is 0 Å². The third-order valence-electron chi connectivity index (χ3n) is 3.73. The van der Waals surface area contributed by atoms with Crippen LogP contribution in [0.15, 0.2) is 53.0 Å². The number of nitrogens with zero attached hydrogens (tertiary/aromatic N) is 3. The Kier molecular flexibility index (Phi) is 3.82. The molecular formula is C17H13BrN4OS. The summed E-state index contributed by atoms with van der Waals surface area (Å²) in [6.07, 6.45) is -0.251. The van der Waals surface area contributed by atoms with Gasteiger partial charge in [0.2, 0.25) is 4.77 Å². The number of aromatic nitrogens is 4. The van der Waals surface area contributed by atoms with E-state index in [1.165, 1.54) is 0 Å².